The van der Waals surface area contributed by atoms with E-state index in [1.54, 1.807) is 24.3 Å². The maximum Gasteiger partial charge on any atom is 0.184 e. The van der Waals surface area contributed by atoms with Gasteiger partial charge in [-0.3, -0.25) is 0 Å². The Morgan fingerprint density at radius 3 is 2.56 bits per heavy atom. The summed E-state index contributed by atoms with van der Waals surface area (Å²) in [7, 11) is -3.21. The average molecular weight is 238 g/mol. The van der Waals surface area contributed by atoms with E-state index >= 15 is 0 Å². The van der Waals surface area contributed by atoms with E-state index in [4.69, 9.17) is 4.74 Å². The Kier molecular flexibility index (Phi) is 2.13. The SMILES string of the molecule is O=S(=O)(c1ccccc1)C1CCCC12CO2. The Balaban J connectivity index is 2.00. The molecule has 0 amide bonds. The van der Waals surface area contributed by atoms with Gasteiger partial charge in [0, 0.05) is 0 Å². The summed E-state index contributed by atoms with van der Waals surface area (Å²) in [6.07, 6.45) is 2.58. The van der Waals surface area contributed by atoms with Gasteiger partial charge in [-0.2, -0.15) is 0 Å². The first-order valence-corrected chi connectivity index (χ1v) is 7.13. The Bertz CT molecular complexity index is 488. The van der Waals surface area contributed by atoms with Crippen LogP contribution in [-0.4, -0.2) is 25.9 Å². The molecule has 2 unspecified atom stereocenters. The molecular weight excluding hydrogens is 224 g/mol. The largest absolute Gasteiger partial charge is 0.368 e. The summed E-state index contributed by atoms with van der Waals surface area (Å²) in [6, 6.07) is 8.70. The Morgan fingerprint density at radius 1 is 1.25 bits per heavy atom. The third-order valence-corrected chi connectivity index (χ3v) is 5.96. The molecule has 1 saturated heterocycles. The van der Waals surface area contributed by atoms with Crippen molar-refractivity contribution in [2.75, 3.05) is 6.61 Å². The summed E-state index contributed by atoms with van der Waals surface area (Å²) in [5.41, 5.74) is -0.339. The summed E-state index contributed by atoms with van der Waals surface area (Å²) in [5.74, 6) is 0. The molecular formula is C12H14O3S. The van der Waals surface area contributed by atoms with Crippen LogP contribution in [0.25, 0.3) is 0 Å². The molecule has 16 heavy (non-hydrogen) atoms. The summed E-state index contributed by atoms with van der Waals surface area (Å²) in [4.78, 5) is 0.428. The molecule has 1 spiro atoms. The quantitative estimate of drug-likeness (QED) is 0.738. The highest BCUT2D eigenvalue weighted by atomic mass is 32.2. The van der Waals surface area contributed by atoms with Crippen molar-refractivity contribution < 1.29 is 13.2 Å². The molecule has 2 aliphatic rings. The molecule has 1 aliphatic heterocycles. The van der Waals surface area contributed by atoms with Gasteiger partial charge < -0.3 is 4.74 Å². The van der Waals surface area contributed by atoms with Crippen LogP contribution in [0.2, 0.25) is 0 Å². The van der Waals surface area contributed by atoms with Gasteiger partial charge in [0.05, 0.1) is 16.8 Å². The van der Waals surface area contributed by atoms with Crippen molar-refractivity contribution in [3.8, 4) is 0 Å². The number of sulfone groups is 1. The van der Waals surface area contributed by atoms with E-state index in [2.05, 4.69) is 0 Å². The van der Waals surface area contributed by atoms with Gasteiger partial charge in [-0.25, -0.2) is 8.42 Å². The van der Waals surface area contributed by atoms with E-state index in [-0.39, 0.29) is 10.9 Å². The van der Waals surface area contributed by atoms with Crippen LogP contribution in [0.15, 0.2) is 35.2 Å². The lowest BCUT2D eigenvalue weighted by molar-refractivity contribution is 0.309. The molecule has 2 fully saturated rings. The molecule has 0 N–H and O–H groups in total. The molecule has 1 aromatic carbocycles. The Hall–Kier alpha value is -0.870. The standard InChI is InChI=1S/C12H14O3S/c13-16(14,10-5-2-1-3-6-10)11-7-4-8-12(11)9-15-12/h1-3,5-6,11H,4,7-9H2. The van der Waals surface area contributed by atoms with Crippen LogP contribution in [0.3, 0.4) is 0 Å². The molecule has 0 bridgehead atoms. The zero-order valence-corrected chi connectivity index (χ0v) is 9.74. The van der Waals surface area contributed by atoms with Crippen molar-refractivity contribution in [2.24, 2.45) is 0 Å². The van der Waals surface area contributed by atoms with Crippen LogP contribution in [0.5, 0.6) is 0 Å². The summed E-state index contributed by atoms with van der Waals surface area (Å²) in [5, 5.41) is -0.331. The highest BCUT2D eigenvalue weighted by Crippen LogP contribution is 2.48. The monoisotopic (exact) mass is 238 g/mol. The van der Waals surface area contributed by atoms with E-state index in [0.717, 1.165) is 19.3 Å². The zero-order chi connectivity index (χ0) is 11.2. The van der Waals surface area contributed by atoms with Crippen LogP contribution in [0.1, 0.15) is 19.3 Å². The molecule has 4 heteroatoms. The third-order valence-electron chi connectivity index (χ3n) is 3.61. The second-order valence-electron chi connectivity index (χ2n) is 4.59. The van der Waals surface area contributed by atoms with E-state index in [9.17, 15) is 8.42 Å². The van der Waals surface area contributed by atoms with E-state index in [1.807, 2.05) is 6.07 Å². The molecule has 1 aliphatic carbocycles. The molecule has 3 rings (SSSR count). The van der Waals surface area contributed by atoms with Crippen LogP contribution >= 0.6 is 0 Å². The summed E-state index contributed by atoms with van der Waals surface area (Å²) >= 11 is 0. The maximum absolute atomic E-state index is 12.4. The first kappa shape index (κ1) is 10.3. The second-order valence-corrected chi connectivity index (χ2v) is 6.72. The van der Waals surface area contributed by atoms with E-state index in [0.29, 0.717) is 11.5 Å². The lowest BCUT2D eigenvalue weighted by Gasteiger charge is -2.16. The molecule has 1 aromatic rings. The van der Waals surface area contributed by atoms with Crippen LogP contribution in [-0.2, 0) is 14.6 Å². The number of epoxide rings is 1. The van der Waals surface area contributed by atoms with Crippen LogP contribution in [0.4, 0.5) is 0 Å². The van der Waals surface area contributed by atoms with E-state index in [1.165, 1.54) is 0 Å². The van der Waals surface area contributed by atoms with Crippen molar-refractivity contribution in [2.45, 2.75) is 35.0 Å². The predicted molar refractivity (Wildman–Crippen MR) is 59.9 cm³/mol. The van der Waals surface area contributed by atoms with Gasteiger partial charge in [-0.1, -0.05) is 18.2 Å². The molecule has 86 valence electrons. The number of ether oxygens (including phenoxy) is 1. The fourth-order valence-corrected chi connectivity index (χ4v) is 4.81. The van der Waals surface area contributed by atoms with Crippen molar-refractivity contribution in [1.29, 1.82) is 0 Å². The van der Waals surface area contributed by atoms with Gasteiger partial charge in [0.2, 0.25) is 0 Å². The lowest BCUT2D eigenvalue weighted by Crippen LogP contribution is -2.32. The zero-order valence-electron chi connectivity index (χ0n) is 8.93. The van der Waals surface area contributed by atoms with Crippen molar-refractivity contribution >= 4 is 9.84 Å². The van der Waals surface area contributed by atoms with Gasteiger partial charge in [0.1, 0.15) is 5.60 Å². The van der Waals surface area contributed by atoms with Gasteiger partial charge in [0.25, 0.3) is 0 Å². The average Bonchev–Trinajstić information content (AvgIpc) is 2.91. The lowest BCUT2D eigenvalue weighted by atomic mass is 10.1. The summed E-state index contributed by atoms with van der Waals surface area (Å²) in [6.45, 7) is 0.615. The first-order chi connectivity index (χ1) is 7.65. The molecule has 0 aromatic heterocycles. The fraction of sp³-hybridized carbons (Fsp3) is 0.500. The van der Waals surface area contributed by atoms with Gasteiger partial charge >= 0.3 is 0 Å². The first-order valence-electron chi connectivity index (χ1n) is 5.58. The molecule has 2 atom stereocenters. The highest BCUT2D eigenvalue weighted by Gasteiger charge is 2.59. The number of benzene rings is 1. The van der Waals surface area contributed by atoms with Gasteiger partial charge in [0.15, 0.2) is 9.84 Å². The molecule has 1 heterocycles. The number of rotatable bonds is 2. The molecule has 3 nitrogen and oxygen atoms in total. The second kappa shape index (κ2) is 3.31. The third kappa shape index (κ3) is 1.40. The minimum absolute atomic E-state index is 0.331. The van der Waals surface area contributed by atoms with Crippen molar-refractivity contribution in [3.63, 3.8) is 0 Å². The number of hydrogen-bond donors (Lipinski definition) is 0. The molecule has 0 radical (unpaired) electrons. The van der Waals surface area contributed by atoms with Crippen LogP contribution < -0.4 is 0 Å². The van der Waals surface area contributed by atoms with Crippen molar-refractivity contribution in [1.82, 2.24) is 0 Å². The molecule has 1 saturated carbocycles. The van der Waals surface area contributed by atoms with E-state index < -0.39 is 9.84 Å². The normalized spacial score (nSPS) is 33.1. The Morgan fingerprint density at radius 2 is 1.94 bits per heavy atom. The maximum atomic E-state index is 12.4. The fourth-order valence-electron chi connectivity index (χ4n) is 2.65. The minimum Gasteiger partial charge on any atom is -0.368 e. The number of hydrogen-bond acceptors (Lipinski definition) is 3. The predicted octanol–water partition coefficient (Wildman–Crippen LogP) is 1.78. The van der Waals surface area contributed by atoms with Gasteiger partial charge in [-0.05, 0) is 31.4 Å². The highest BCUT2D eigenvalue weighted by molar-refractivity contribution is 7.92. The minimum atomic E-state index is -3.21. The van der Waals surface area contributed by atoms with Gasteiger partial charge in [-0.15, -0.1) is 0 Å². The topological polar surface area (TPSA) is 46.7 Å². The summed E-state index contributed by atoms with van der Waals surface area (Å²) < 4.78 is 30.2. The van der Waals surface area contributed by atoms with Crippen LogP contribution in [0, 0.1) is 0 Å². The smallest absolute Gasteiger partial charge is 0.184 e. The Labute approximate surface area is 95.3 Å². The van der Waals surface area contributed by atoms with Crippen molar-refractivity contribution in [3.05, 3.63) is 30.3 Å².